The standard InChI is InChI=1S/C20H21N3O2/c1-25-19-12-16-6-3-2-5-15(16)11-18(19)20(24)22-9-4-7-17(13-22)23-10-8-21-14-23/h2-3,5-6,8,10-12,14,17H,4,7,9,13H2,1H3. The fraction of sp³-hybridized carbons (Fsp3) is 0.300. The number of rotatable bonds is 3. The van der Waals surface area contributed by atoms with Gasteiger partial charge in [-0.05, 0) is 35.7 Å². The van der Waals surface area contributed by atoms with Crippen LogP contribution in [0.15, 0.2) is 55.1 Å². The molecule has 1 aliphatic heterocycles. The van der Waals surface area contributed by atoms with Crippen LogP contribution >= 0.6 is 0 Å². The molecule has 0 radical (unpaired) electrons. The Labute approximate surface area is 146 Å². The molecule has 5 heteroatoms. The number of likely N-dealkylation sites (tertiary alicyclic amines) is 1. The van der Waals surface area contributed by atoms with Crippen molar-refractivity contribution in [3.8, 4) is 5.75 Å². The van der Waals surface area contributed by atoms with Crippen molar-refractivity contribution >= 4 is 16.7 Å². The van der Waals surface area contributed by atoms with E-state index in [2.05, 4.69) is 9.55 Å². The molecule has 1 aliphatic rings. The van der Waals surface area contributed by atoms with Gasteiger partial charge in [0.2, 0.25) is 0 Å². The molecule has 1 unspecified atom stereocenters. The monoisotopic (exact) mass is 335 g/mol. The van der Waals surface area contributed by atoms with E-state index in [-0.39, 0.29) is 11.9 Å². The molecule has 0 bridgehead atoms. The highest BCUT2D eigenvalue weighted by Crippen LogP contribution is 2.29. The summed E-state index contributed by atoms with van der Waals surface area (Å²) < 4.78 is 7.60. The number of carbonyl (C=O) groups excluding carboxylic acids is 1. The van der Waals surface area contributed by atoms with E-state index >= 15 is 0 Å². The minimum Gasteiger partial charge on any atom is -0.496 e. The average Bonchev–Trinajstić information content (AvgIpc) is 3.21. The van der Waals surface area contributed by atoms with Gasteiger partial charge in [0.1, 0.15) is 5.75 Å². The lowest BCUT2D eigenvalue weighted by Gasteiger charge is -2.33. The topological polar surface area (TPSA) is 47.4 Å². The number of carbonyl (C=O) groups is 1. The molecule has 0 saturated carbocycles. The first kappa shape index (κ1) is 15.7. The molecule has 2 aromatic carbocycles. The maximum atomic E-state index is 13.2. The average molecular weight is 335 g/mol. The van der Waals surface area contributed by atoms with Crippen LogP contribution in [0.5, 0.6) is 5.75 Å². The number of aromatic nitrogens is 2. The summed E-state index contributed by atoms with van der Waals surface area (Å²) in [6.07, 6.45) is 7.64. The number of nitrogens with zero attached hydrogens (tertiary/aromatic N) is 3. The first-order valence-electron chi connectivity index (χ1n) is 8.60. The molecule has 0 spiro atoms. The summed E-state index contributed by atoms with van der Waals surface area (Å²) in [6, 6.07) is 12.2. The Morgan fingerprint density at radius 3 is 2.76 bits per heavy atom. The summed E-state index contributed by atoms with van der Waals surface area (Å²) in [5.41, 5.74) is 0.632. The Morgan fingerprint density at radius 2 is 2.04 bits per heavy atom. The molecule has 0 aliphatic carbocycles. The smallest absolute Gasteiger partial charge is 0.257 e. The molecule has 128 valence electrons. The van der Waals surface area contributed by atoms with Crippen molar-refractivity contribution in [1.29, 1.82) is 0 Å². The first-order valence-corrected chi connectivity index (χ1v) is 8.60. The third-order valence-electron chi connectivity index (χ3n) is 4.93. The zero-order valence-corrected chi connectivity index (χ0v) is 14.3. The fourth-order valence-electron chi connectivity index (χ4n) is 3.59. The van der Waals surface area contributed by atoms with Gasteiger partial charge in [0.25, 0.3) is 5.91 Å². The second-order valence-corrected chi connectivity index (χ2v) is 6.46. The van der Waals surface area contributed by atoms with Crippen molar-refractivity contribution in [3.63, 3.8) is 0 Å². The highest BCUT2D eigenvalue weighted by Gasteiger charge is 2.27. The first-order chi connectivity index (χ1) is 12.3. The molecule has 1 aromatic heterocycles. The predicted molar refractivity (Wildman–Crippen MR) is 96.9 cm³/mol. The van der Waals surface area contributed by atoms with Crippen molar-refractivity contribution in [2.75, 3.05) is 20.2 Å². The van der Waals surface area contributed by atoms with Gasteiger partial charge in [-0.3, -0.25) is 4.79 Å². The summed E-state index contributed by atoms with van der Waals surface area (Å²) in [7, 11) is 1.62. The number of imidazole rings is 1. The SMILES string of the molecule is COc1cc2ccccc2cc1C(=O)N1CCCC(n2ccnc2)C1. The van der Waals surface area contributed by atoms with E-state index in [1.54, 1.807) is 13.3 Å². The lowest BCUT2D eigenvalue weighted by Crippen LogP contribution is -2.40. The van der Waals surface area contributed by atoms with Crippen LogP contribution in [0.2, 0.25) is 0 Å². The van der Waals surface area contributed by atoms with Gasteiger partial charge in [0.05, 0.1) is 25.0 Å². The van der Waals surface area contributed by atoms with Crippen LogP contribution < -0.4 is 4.74 Å². The highest BCUT2D eigenvalue weighted by molar-refractivity contribution is 6.01. The number of hydrogen-bond acceptors (Lipinski definition) is 3. The lowest BCUT2D eigenvalue weighted by atomic mass is 10.0. The van der Waals surface area contributed by atoms with Gasteiger partial charge >= 0.3 is 0 Å². The maximum absolute atomic E-state index is 13.2. The zero-order valence-electron chi connectivity index (χ0n) is 14.3. The van der Waals surface area contributed by atoms with Crippen molar-refractivity contribution in [3.05, 3.63) is 60.7 Å². The van der Waals surface area contributed by atoms with Gasteiger partial charge in [-0.2, -0.15) is 0 Å². The molecule has 1 fully saturated rings. The van der Waals surface area contributed by atoms with Gasteiger partial charge < -0.3 is 14.2 Å². The number of methoxy groups -OCH3 is 1. The number of hydrogen-bond donors (Lipinski definition) is 0. The van der Waals surface area contributed by atoms with Crippen molar-refractivity contribution in [2.45, 2.75) is 18.9 Å². The Morgan fingerprint density at radius 1 is 1.24 bits per heavy atom. The summed E-state index contributed by atoms with van der Waals surface area (Å²) in [4.78, 5) is 19.2. The van der Waals surface area contributed by atoms with E-state index in [0.717, 1.165) is 30.2 Å². The minimum absolute atomic E-state index is 0.0346. The molecule has 5 nitrogen and oxygen atoms in total. The number of fused-ring (bicyclic) bond motifs is 1. The van der Waals surface area contributed by atoms with E-state index in [0.29, 0.717) is 17.9 Å². The fourth-order valence-corrected chi connectivity index (χ4v) is 3.59. The van der Waals surface area contributed by atoms with Crippen molar-refractivity contribution in [1.82, 2.24) is 14.5 Å². The molecule has 1 atom stereocenters. The van der Waals surface area contributed by atoms with E-state index in [4.69, 9.17) is 4.74 Å². The Hall–Kier alpha value is -2.82. The molecule has 0 N–H and O–H groups in total. The molecule has 4 rings (SSSR count). The largest absolute Gasteiger partial charge is 0.496 e. The van der Waals surface area contributed by atoms with E-state index < -0.39 is 0 Å². The Kier molecular flexibility index (Phi) is 4.14. The van der Waals surface area contributed by atoms with Crippen LogP contribution in [0, 0.1) is 0 Å². The Bertz CT molecular complexity index is 889. The number of ether oxygens (including phenoxy) is 1. The summed E-state index contributed by atoms with van der Waals surface area (Å²) in [5.74, 6) is 0.667. The van der Waals surface area contributed by atoms with E-state index in [1.165, 1.54) is 0 Å². The normalized spacial score (nSPS) is 17.6. The van der Waals surface area contributed by atoms with Crippen LogP contribution in [-0.4, -0.2) is 40.6 Å². The van der Waals surface area contributed by atoms with Crippen LogP contribution in [0.4, 0.5) is 0 Å². The number of piperidine rings is 1. The van der Waals surface area contributed by atoms with E-state index in [9.17, 15) is 4.79 Å². The predicted octanol–water partition coefficient (Wildman–Crippen LogP) is 3.52. The summed E-state index contributed by atoms with van der Waals surface area (Å²) in [5, 5.41) is 2.13. The van der Waals surface area contributed by atoms with Crippen LogP contribution in [0.1, 0.15) is 29.2 Å². The van der Waals surface area contributed by atoms with Gasteiger partial charge in [-0.1, -0.05) is 24.3 Å². The zero-order chi connectivity index (χ0) is 17.2. The highest BCUT2D eigenvalue weighted by atomic mass is 16.5. The van der Waals surface area contributed by atoms with Gasteiger partial charge in [0, 0.05) is 25.5 Å². The van der Waals surface area contributed by atoms with Gasteiger partial charge in [0.15, 0.2) is 0 Å². The maximum Gasteiger partial charge on any atom is 0.257 e. The van der Waals surface area contributed by atoms with Gasteiger partial charge in [-0.15, -0.1) is 0 Å². The molecule has 1 amide bonds. The summed E-state index contributed by atoms with van der Waals surface area (Å²) >= 11 is 0. The van der Waals surface area contributed by atoms with Crippen LogP contribution in [0.3, 0.4) is 0 Å². The number of amides is 1. The lowest BCUT2D eigenvalue weighted by molar-refractivity contribution is 0.0676. The van der Waals surface area contributed by atoms with Crippen LogP contribution in [0.25, 0.3) is 10.8 Å². The van der Waals surface area contributed by atoms with Crippen molar-refractivity contribution in [2.24, 2.45) is 0 Å². The third kappa shape index (κ3) is 2.97. The second-order valence-electron chi connectivity index (χ2n) is 6.46. The molecule has 2 heterocycles. The van der Waals surface area contributed by atoms with Crippen molar-refractivity contribution < 1.29 is 9.53 Å². The Balaban J connectivity index is 1.64. The third-order valence-corrected chi connectivity index (χ3v) is 4.93. The second kappa shape index (κ2) is 6.59. The minimum atomic E-state index is 0.0346. The molecule has 25 heavy (non-hydrogen) atoms. The quantitative estimate of drug-likeness (QED) is 0.736. The van der Waals surface area contributed by atoms with Crippen LogP contribution in [-0.2, 0) is 0 Å². The molecular weight excluding hydrogens is 314 g/mol. The van der Waals surface area contributed by atoms with Gasteiger partial charge in [-0.25, -0.2) is 4.98 Å². The molecular formula is C20H21N3O2. The molecule has 1 saturated heterocycles. The summed E-state index contributed by atoms with van der Waals surface area (Å²) in [6.45, 7) is 1.48. The molecule has 3 aromatic rings. The number of benzene rings is 2. The van der Waals surface area contributed by atoms with E-state index in [1.807, 2.05) is 53.8 Å².